The number of nitrogens with zero attached hydrogens (tertiary/aromatic N) is 3. The van der Waals surface area contributed by atoms with Crippen LogP contribution in [0.2, 0.25) is 0 Å². The number of halogens is 3. The molecule has 3 saturated heterocycles. The van der Waals surface area contributed by atoms with Gasteiger partial charge in [0.15, 0.2) is 5.82 Å². The Balaban J connectivity index is 1.51. The smallest absolute Gasteiger partial charge is 0.226 e. The van der Waals surface area contributed by atoms with E-state index in [0.717, 1.165) is 57.0 Å². The van der Waals surface area contributed by atoms with Crippen molar-refractivity contribution < 1.29 is 18.0 Å². The third-order valence-electron chi connectivity index (χ3n) is 7.15. The van der Waals surface area contributed by atoms with Crippen LogP contribution in [0.5, 0.6) is 0 Å². The number of pyridine rings is 1. The number of hydrogen-bond acceptors (Lipinski definition) is 4. The monoisotopic (exact) mass is 444 g/mol. The molecule has 1 atom stereocenters. The highest BCUT2D eigenvalue weighted by Crippen LogP contribution is 2.43. The molecule has 8 heteroatoms. The zero-order valence-corrected chi connectivity index (χ0v) is 17.9. The summed E-state index contributed by atoms with van der Waals surface area (Å²) in [5.74, 6) is -0.956. The lowest BCUT2D eigenvalue weighted by atomic mass is 9.90. The first-order valence-corrected chi connectivity index (χ1v) is 11.3. The molecule has 4 heterocycles. The lowest BCUT2D eigenvalue weighted by Crippen LogP contribution is -2.41. The molecule has 5 nitrogen and oxygen atoms in total. The normalized spacial score (nSPS) is 22.3. The number of aromatic nitrogens is 1. The second-order valence-corrected chi connectivity index (χ2v) is 9.16. The molecule has 1 amide bonds. The van der Waals surface area contributed by atoms with Crippen LogP contribution in [-0.2, 0) is 4.79 Å². The number of carbonyl (C=O) groups is 1. The van der Waals surface area contributed by atoms with Crippen molar-refractivity contribution in [2.45, 2.75) is 50.2 Å². The molecule has 1 aromatic heterocycles. The largest absolute Gasteiger partial charge is 0.352 e. The van der Waals surface area contributed by atoms with E-state index < -0.39 is 17.8 Å². The van der Waals surface area contributed by atoms with Crippen molar-refractivity contribution in [3.63, 3.8) is 0 Å². The topological polar surface area (TPSA) is 48.5 Å². The van der Waals surface area contributed by atoms with Gasteiger partial charge in [0, 0.05) is 35.8 Å². The van der Waals surface area contributed by atoms with E-state index >= 15 is 0 Å². The highest BCUT2D eigenvalue weighted by Gasteiger charge is 2.45. The minimum atomic E-state index is -0.987. The Morgan fingerprint density at radius 1 is 1.12 bits per heavy atom. The molecule has 5 rings (SSSR count). The standard InChI is InChI=1S/C24H27F3N4O/c25-16-3-4-20(27)19(13-16)18-5-9-28-23(30-12-6-17(26)15-30)22(18)29-21(32)14-24-7-1-10-31(24)11-2-8-24/h3-5,9,13,17H,1-2,6-8,10-12,14-15H2,(H,29,32)/t17-/m0/s1. The molecular formula is C24H27F3N4O. The number of anilines is 2. The second-order valence-electron chi connectivity index (χ2n) is 9.16. The first kappa shape index (κ1) is 21.2. The third kappa shape index (κ3) is 3.85. The fourth-order valence-corrected chi connectivity index (χ4v) is 5.65. The Kier molecular flexibility index (Phi) is 5.57. The van der Waals surface area contributed by atoms with E-state index in [2.05, 4.69) is 15.2 Å². The van der Waals surface area contributed by atoms with Gasteiger partial charge in [0.25, 0.3) is 0 Å². The summed E-state index contributed by atoms with van der Waals surface area (Å²) in [7, 11) is 0. The number of nitrogens with one attached hydrogen (secondary N) is 1. The summed E-state index contributed by atoms with van der Waals surface area (Å²) in [4.78, 5) is 21.8. The molecule has 2 aromatic rings. The summed E-state index contributed by atoms with van der Waals surface area (Å²) in [6.45, 7) is 2.63. The van der Waals surface area contributed by atoms with Crippen molar-refractivity contribution in [3.05, 3.63) is 42.1 Å². The summed E-state index contributed by atoms with van der Waals surface area (Å²) in [6.07, 6.45) is 5.35. The summed E-state index contributed by atoms with van der Waals surface area (Å²) in [5.41, 5.74) is 0.584. The minimum absolute atomic E-state index is 0.0430. The SMILES string of the molecule is O=C(CC12CCCN1CCC2)Nc1c(-c2cc(F)ccc2F)ccnc1N1CC[C@H](F)C1. The zero-order valence-electron chi connectivity index (χ0n) is 17.9. The summed E-state index contributed by atoms with van der Waals surface area (Å²) >= 11 is 0. The molecular weight excluding hydrogens is 417 g/mol. The fraction of sp³-hybridized carbons (Fsp3) is 0.500. The second kappa shape index (κ2) is 8.39. The summed E-state index contributed by atoms with van der Waals surface area (Å²) < 4.78 is 42.6. The van der Waals surface area contributed by atoms with Crippen molar-refractivity contribution in [1.29, 1.82) is 0 Å². The van der Waals surface area contributed by atoms with E-state index in [1.807, 2.05) is 0 Å². The summed E-state index contributed by atoms with van der Waals surface area (Å²) in [6, 6.07) is 4.80. The molecule has 3 fully saturated rings. The molecule has 0 radical (unpaired) electrons. The number of carbonyl (C=O) groups excluding carboxylic acids is 1. The van der Waals surface area contributed by atoms with Crippen molar-refractivity contribution in [3.8, 4) is 11.1 Å². The first-order chi connectivity index (χ1) is 15.4. The maximum absolute atomic E-state index is 14.7. The van der Waals surface area contributed by atoms with Gasteiger partial charge in [0.05, 0.1) is 12.2 Å². The van der Waals surface area contributed by atoms with Crippen LogP contribution in [0, 0.1) is 11.6 Å². The number of rotatable bonds is 5. The van der Waals surface area contributed by atoms with E-state index in [4.69, 9.17) is 0 Å². The Hall–Kier alpha value is -2.61. The van der Waals surface area contributed by atoms with Gasteiger partial charge in [-0.15, -0.1) is 0 Å². The third-order valence-corrected chi connectivity index (χ3v) is 7.15. The highest BCUT2D eigenvalue weighted by molar-refractivity contribution is 6.00. The van der Waals surface area contributed by atoms with Crippen molar-refractivity contribution >= 4 is 17.4 Å². The predicted molar refractivity (Wildman–Crippen MR) is 117 cm³/mol. The maximum Gasteiger partial charge on any atom is 0.226 e. The Morgan fingerprint density at radius 3 is 2.62 bits per heavy atom. The zero-order chi connectivity index (χ0) is 22.3. The summed E-state index contributed by atoms with van der Waals surface area (Å²) in [5, 5.41) is 2.97. The van der Waals surface area contributed by atoms with E-state index in [-0.39, 0.29) is 23.6 Å². The molecule has 1 N–H and O–H groups in total. The predicted octanol–water partition coefficient (Wildman–Crippen LogP) is 4.53. The number of amides is 1. The molecule has 0 saturated carbocycles. The molecule has 1 aromatic carbocycles. The molecule has 0 unspecified atom stereocenters. The average Bonchev–Trinajstić information content (AvgIpc) is 3.45. The quantitative estimate of drug-likeness (QED) is 0.736. The average molecular weight is 445 g/mol. The van der Waals surface area contributed by atoms with E-state index in [1.54, 1.807) is 11.0 Å². The first-order valence-electron chi connectivity index (χ1n) is 11.3. The van der Waals surface area contributed by atoms with Crippen LogP contribution in [0.25, 0.3) is 11.1 Å². The molecule has 170 valence electrons. The Morgan fingerprint density at radius 2 is 1.91 bits per heavy atom. The van der Waals surface area contributed by atoms with Crippen molar-refractivity contribution in [2.24, 2.45) is 0 Å². The maximum atomic E-state index is 14.7. The van der Waals surface area contributed by atoms with Gasteiger partial charge in [-0.3, -0.25) is 9.69 Å². The van der Waals surface area contributed by atoms with Gasteiger partial charge in [-0.25, -0.2) is 18.2 Å². The number of benzene rings is 1. The molecule has 0 spiro atoms. The Labute approximate surface area is 185 Å². The van der Waals surface area contributed by atoms with Gasteiger partial charge >= 0.3 is 0 Å². The van der Waals surface area contributed by atoms with Gasteiger partial charge < -0.3 is 10.2 Å². The van der Waals surface area contributed by atoms with Crippen LogP contribution in [0.3, 0.4) is 0 Å². The number of fused-ring (bicyclic) bond motifs is 1. The van der Waals surface area contributed by atoms with Crippen LogP contribution < -0.4 is 10.2 Å². The van der Waals surface area contributed by atoms with Crippen LogP contribution in [0.4, 0.5) is 24.7 Å². The van der Waals surface area contributed by atoms with Crippen LogP contribution in [0.15, 0.2) is 30.5 Å². The van der Waals surface area contributed by atoms with Gasteiger partial charge in [-0.2, -0.15) is 0 Å². The van der Waals surface area contributed by atoms with Crippen LogP contribution >= 0.6 is 0 Å². The van der Waals surface area contributed by atoms with E-state index in [0.29, 0.717) is 36.5 Å². The molecule has 32 heavy (non-hydrogen) atoms. The Bertz CT molecular complexity index is 1020. The van der Waals surface area contributed by atoms with Gasteiger partial charge in [0.2, 0.25) is 5.91 Å². The van der Waals surface area contributed by atoms with Gasteiger partial charge in [0.1, 0.15) is 17.8 Å². The fourth-order valence-electron chi connectivity index (χ4n) is 5.65. The molecule has 3 aliphatic heterocycles. The number of hydrogen-bond donors (Lipinski definition) is 1. The molecule has 3 aliphatic rings. The lowest BCUT2D eigenvalue weighted by Gasteiger charge is -2.32. The minimum Gasteiger partial charge on any atom is -0.352 e. The van der Waals surface area contributed by atoms with E-state index in [9.17, 15) is 18.0 Å². The van der Waals surface area contributed by atoms with Crippen molar-refractivity contribution in [1.82, 2.24) is 9.88 Å². The lowest BCUT2D eigenvalue weighted by molar-refractivity contribution is -0.118. The van der Waals surface area contributed by atoms with Gasteiger partial charge in [-0.1, -0.05) is 0 Å². The van der Waals surface area contributed by atoms with Crippen LogP contribution in [0.1, 0.15) is 38.5 Å². The number of alkyl halides is 1. The van der Waals surface area contributed by atoms with Crippen molar-refractivity contribution in [2.75, 3.05) is 36.4 Å². The molecule has 0 bridgehead atoms. The highest BCUT2D eigenvalue weighted by atomic mass is 19.1. The molecule has 0 aliphatic carbocycles. The van der Waals surface area contributed by atoms with Crippen LogP contribution in [-0.4, -0.2) is 53.7 Å². The van der Waals surface area contributed by atoms with E-state index in [1.165, 1.54) is 6.20 Å². The van der Waals surface area contributed by atoms with Gasteiger partial charge in [-0.05, 0) is 69.5 Å².